The Hall–Kier alpha value is -7.24. The fraction of sp³-hybridized carbons (Fsp3) is 0.0204. The number of furan rings is 1. The van der Waals surface area contributed by atoms with Crippen LogP contribution in [-0.4, -0.2) is 16.2 Å². The van der Waals surface area contributed by atoms with E-state index >= 15 is 0 Å². The fourth-order valence-electron chi connectivity index (χ4n) is 8.05. The Labute approximate surface area is 311 Å². The molecule has 5 nitrogen and oxygen atoms in total. The van der Waals surface area contributed by atoms with Crippen molar-refractivity contribution in [3.8, 4) is 16.8 Å². The van der Waals surface area contributed by atoms with E-state index in [4.69, 9.17) is 14.4 Å². The highest BCUT2D eigenvalue weighted by Crippen LogP contribution is 2.39. The summed E-state index contributed by atoms with van der Waals surface area (Å²) in [4.78, 5) is 10.5. The van der Waals surface area contributed by atoms with E-state index in [9.17, 15) is 0 Å². The summed E-state index contributed by atoms with van der Waals surface area (Å²) in [7, 11) is 0. The first-order valence-corrected chi connectivity index (χ1v) is 18.3. The summed E-state index contributed by atoms with van der Waals surface area (Å²) in [5.41, 5.74) is 10.2. The highest BCUT2D eigenvalue weighted by molar-refractivity contribution is 6.22. The van der Waals surface area contributed by atoms with Crippen LogP contribution in [0, 0.1) is 0 Å². The van der Waals surface area contributed by atoms with Crippen molar-refractivity contribution < 1.29 is 4.42 Å². The zero-order valence-electron chi connectivity index (χ0n) is 29.1. The minimum absolute atomic E-state index is 0.312. The van der Waals surface area contributed by atoms with E-state index in [2.05, 4.69) is 143 Å². The van der Waals surface area contributed by atoms with Crippen molar-refractivity contribution >= 4 is 66.2 Å². The van der Waals surface area contributed by atoms with E-state index in [0.717, 1.165) is 61.3 Å². The van der Waals surface area contributed by atoms with Crippen molar-refractivity contribution in [3.63, 3.8) is 0 Å². The van der Waals surface area contributed by atoms with Gasteiger partial charge in [-0.05, 0) is 76.0 Å². The molecule has 0 aliphatic carbocycles. The largest absolute Gasteiger partial charge is 0.456 e. The summed E-state index contributed by atoms with van der Waals surface area (Å²) >= 11 is 0. The number of benzene rings is 8. The van der Waals surface area contributed by atoms with Crippen LogP contribution in [0.15, 0.2) is 196 Å². The second-order valence-corrected chi connectivity index (χ2v) is 13.8. The lowest BCUT2D eigenvalue weighted by atomic mass is 9.97. The van der Waals surface area contributed by atoms with Gasteiger partial charge >= 0.3 is 0 Å². The number of hydrogen-bond acceptors (Lipinski definition) is 4. The molecule has 0 saturated carbocycles. The highest BCUT2D eigenvalue weighted by atomic mass is 16.3. The van der Waals surface area contributed by atoms with E-state index in [1.807, 2.05) is 48.5 Å². The standard InChI is InChI=1S/C49H32N4O/c1-3-13-32(14-4-1)47-50-48(33-15-5-2-6-16-33)52-49(51-47)41-28-36(30-45-46(41)39-20-10-12-22-44(39)54-45)31-23-25-37(26-24-31)53-42-21-11-9-19-38(42)40-27-34-17-7-8-18-35(34)29-43(40)53/h1-30,47H,(H,50,51,52). The number of aliphatic imine (C=N–C) groups is 2. The lowest BCUT2D eigenvalue weighted by Crippen LogP contribution is -2.33. The lowest BCUT2D eigenvalue weighted by molar-refractivity contribution is 0.668. The number of aromatic nitrogens is 1. The number of hydrogen-bond donors (Lipinski definition) is 1. The second kappa shape index (κ2) is 12.2. The SMILES string of the molecule is c1ccc(C2=NC(c3cc(-c4ccc(-n5c6ccccc6c6cc7ccccc7cc65)cc4)cc4oc5ccccc5c34)=NC(c3ccccc3)N2)cc1. The molecule has 0 spiro atoms. The summed E-state index contributed by atoms with van der Waals surface area (Å²) in [6.45, 7) is 0. The number of rotatable bonds is 5. The third kappa shape index (κ3) is 4.94. The molecule has 1 atom stereocenters. The molecule has 1 unspecified atom stereocenters. The average Bonchev–Trinajstić information content (AvgIpc) is 3.78. The van der Waals surface area contributed by atoms with Gasteiger partial charge in [0, 0.05) is 38.4 Å². The summed E-state index contributed by atoms with van der Waals surface area (Å²) in [6, 6.07) is 63.9. The molecule has 2 aromatic heterocycles. The molecule has 0 bridgehead atoms. The minimum atomic E-state index is -0.312. The Morgan fingerprint density at radius 3 is 2.00 bits per heavy atom. The van der Waals surface area contributed by atoms with Crippen LogP contribution in [0.5, 0.6) is 0 Å². The van der Waals surface area contributed by atoms with Crippen molar-refractivity contribution in [2.45, 2.75) is 6.17 Å². The van der Waals surface area contributed by atoms with E-state index in [-0.39, 0.29) is 6.17 Å². The molecule has 54 heavy (non-hydrogen) atoms. The molecule has 0 amide bonds. The predicted molar refractivity (Wildman–Crippen MR) is 223 cm³/mol. The zero-order chi connectivity index (χ0) is 35.6. The smallest absolute Gasteiger partial charge is 0.160 e. The van der Waals surface area contributed by atoms with Crippen LogP contribution in [0.3, 0.4) is 0 Å². The molecule has 1 aliphatic heterocycles. The maximum Gasteiger partial charge on any atom is 0.160 e. The molecule has 0 radical (unpaired) electrons. The quantitative estimate of drug-likeness (QED) is 0.195. The van der Waals surface area contributed by atoms with Crippen LogP contribution in [0.4, 0.5) is 0 Å². The van der Waals surface area contributed by atoms with E-state index in [1.54, 1.807) is 0 Å². The van der Waals surface area contributed by atoms with Crippen LogP contribution in [0.2, 0.25) is 0 Å². The van der Waals surface area contributed by atoms with E-state index in [0.29, 0.717) is 5.84 Å². The summed E-state index contributed by atoms with van der Waals surface area (Å²) in [6.07, 6.45) is -0.312. The van der Waals surface area contributed by atoms with E-state index < -0.39 is 0 Å². The first-order valence-electron chi connectivity index (χ1n) is 18.3. The molecule has 11 rings (SSSR count). The Morgan fingerprint density at radius 1 is 0.500 bits per heavy atom. The first kappa shape index (κ1) is 30.4. The van der Waals surface area contributed by atoms with E-state index in [1.165, 1.54) is 32.6 Å². The van der Waals surface area contributed by atoms with Crippen molar-refractivity contribution in [1.29, 1.82) is 0 Å². The van der Waals surface area contributed by atoms with Crippen molar-refractivity contribution in [2.75, 3.05) is 0 Å². The van der Waals surface area contributed by atoms with Crippen molar-refractivity contribution in [1.82, 2.24) is 9.88 Å². The van der Waals surface area contributed by atoms with Gasteiger partial charge < -0.3 is 14.3 Å². The lowest BCUT2D eigenvalue weighted by Gasteiger charge is -2.24. The molecule has 10 aromatic rings. The van der Waals surface area contributed by atoms with Gasteiger partial charge in [0.2, 0.25) is 0 Å². The molecule has 0 saturated heterocycles. The maximum atomic E-state index is 6.56. The van der Waals surface area contributed by atoms with Gasteiger partial charge in [-0.15, -0.1) is 0 Å². The zero-order valence-corrected chi connectivity index (χ0v) is 29.1. The number of fused-ring (bicyclic) bond motifs is 7. The highest BCUT2D eigenvalue weighted by Gasteiger charge is 2.24. The number of amidine groups is 2. The third-order valence-electron chi connectivity index (χ3n) is 10.6. The summed E-state index contributed by atoms with van der Waals surface area (Å²) in [5, 5.41) is 10.6. The molecule has 5 heteroatoms. The Bertz CT molecular complexity index is 3120. The molecule has 1 N–H and O–H groups in total. The van der Waals surface area contributed by atoms with Crippen LogP contribution < -0.4 is 5.32 Å². The Balaban J connectivity index is 1.09. The molecular formula is C49H32N4O. The minimum Gasteiger partial charge on any atom is -0.456 e. The molecule has 3 heterocycles. The summed E-state index contributed by atoms with van der Waals surface area (Å²) in [5.74, 6) is 1.44. The Kier molecular flexibility index (Phi) is 6.85. The van der Waals surface area contributed by atoms with Crippen molar-refractivity contribution in [3.05, 3.63) is 199 Å². The monoisotopic (exact) mass is 692 g/mol. The molecule has 1 aliphatic rings. The fourth-order valence-corrected chi connectivity index (χ4v) is 8.05. The molecule has 0 fully saturated rings. The first-order chi connectivity index (χ1) is 26.7. The molecule has 8 aromatic carbocycles. The van der Waals surface area contributed by atoms with Crippen molar-refractivity contribution in [2.24, 2.45) is 9.98 Å². The van der Waals surface area contributed by atoms with Crippen LogP contribution in [0.25, 0.3) is 71.3 Å². The maximum absolute atomic E-state index is 6.56. The number of nitrogens with one attached hydrogen (secondary N) is 1. The van der Waals surface area contributed by atoms with Crippen LogP contribution in [0.1, 0.15) is 22.9 Å². The number of nitrogens with zero attached hydrogens (tertiary/aromatic N) is 3. The van der Waals surface area contributed by atoms with Crippen LogP contribution >= 0.6 is 0 Å². The predicted octanol–water partition coefficient (Wildman–Crippen LogP) is 12.0. The average molecular weight is 693 g/mol. The molecule has 254 valence electrons. The normalized spacial score (nSPS) is 14.5. The van der Waals surface area contributed by atoms with Gasteiger partial charge in [-0.3, -0.25) is 0 Å². The van der Waals surface area contributed by atoms with Gasteiger partial charge in [0.1, 0.15) is 23.2 Å². The van der Waals surface area contributed by atoms with Gasteiger partial charge in [-0.2, -0.15) is 0 Å². The van der Waals surface area contributed by atoms with Gasteiger partial charge in [0.05, 0.1) is 11.0 Å². The topological polar surface area (TPSA) is 54.8 Å². The number of para-hydroxylation sites is 2. The van der Waals surface area contributed by atoms with Gasteiger partial charge in [-0.25, -0.2) is 9.98 Å². The second-order valence-electron chi connectivity index (χ2n) is 13.8. The van der Waals surface area contributed by atoms with Gasteiger partial charge in [0.25, 0.3) is 0 Å². The Morgan fingerprint density at radius 2 is 1.19 bits per heavy atom. The van der Waals surface area contributed by atoms with Gasteiger partial charge in [0.15, 0.2) is 5.84 Å². The third-order valence-corrected chi connectivity index (χ3v) is 10.6. The van der Waals surface area contributed by atoms with Crippen LogP contribution in [-0.2, 0) is 0 Å². The molecular weight excluding hydrogens is 661 g/mol. The summed E-state index contributed by atoms with van der Waals surface area (Å²) < 4.78 is 8.94. The van der Waals surface area contributed by atoms with Gasteiger partial charge in [-0.1, -0.05) is 133 Å².